The summed E-state index contributed by atoms with van der Waals surface area (Å²) in [5.41, 5.74) is 0.142. The summed E-state index contributed by atoms with van der Waals surface area (Å²) in [5, 5.41) is 3.69. The number of pyridine rings is 1. The fourth-order valence-corrected chi connectivity index (χ4v) is 8.25. The van der Waals surface area contributed by atoms with Crippen molar-refractivity contribution in [2.24, 2.45) is 10.8 Å². The lowest BCUT2D eigenvalue weighted by molar-refractivity contribution is -0.228. The Bertz CT molecular complexity index is 1330. The summed E-state index contributed by atoms with van der Waals surface area (Å²) >= 11 is 6.06. The first kappa shape index (κ1) is 27.3. The number of nitrogens with zero attached hydrogens (tertiary/aromatic N) is 6. The predicted molar refractivity (Wildman–Crippen MR) is 153 cm³/mol. The van der Waals surface area contributed by atoms with Gasteiger partial charge in [-0.1, -0.05) is 11.6 Å². The smallest absolute Gasteiger partial charge is 0.410 e. The minimum absolute atomic E-state index is 0.0178. The Morgan fingerprint density at radius 3 is 2.46 bits per heavy atom. The lowest BCUT2D eigenvalue weighted by atomic mass is 9.35. The number of aromatic nitrogens is 3. The first-order chi connectivity index (χ1) is 19.5. The number of rotatable bonds is 6. The van der Waals surface area contributed by atoms with Crippen molar-refractivity contribution in [1.29, 1.82) is 0 Å². The van der Waals surface area contributed by atoms with Crippen LogP contribution in [0.5, 0.6) is 6.01 Å². The van der Waals surface area contributed by atoms with Gasteiger partial charge in [0.25, 0.3) is 0 Å². The van der Waals surface area contributed by atoms with Crippen LogP contribution in [-0.2, 0) is 4.74 Å². The predicted octanol–water partition coefficient (Wildman–Crippen LogP) is 3.86. The van der Waals surface area contributed by atoms with E-state index in [1.807, 2.05) is 25.7 Å². The Morgan fingerprint density at radius 1 is 1.12 bits per heavy atom. The molecule has 2 aromatic rings. The maximum absolute atomic E-state index is 15.2. The summed E-state index contributed by atoms with van der Waals surface area (Å²) in [4.78, 5) is 32.9. The summed E-state index contributed by atoms with van der Waals surface area (Å²) in [5.74, 6) is -0.102. The monoisotopic (exact) mass is 587 g/mol. The van der Waals surface area contributed by atoms with E-state index >= 15 is 4.39 Å². The molecule has 0 radical (unpaired) electrons. The van der Waals surface area contributed by atoms with Gasteiger partial charge in [-0.2, -0.15) is 9.97 Å². The molecule has 2 atom stereocenters. The molecule has 41 heavy (non-hydrogen) atoms. The highest BCUT2D eigenvalue weighted by Gasteiger charge is 2.68. The van der Waals surface area contributed by atoms with E-state index < -0.39 is 11.4 Å². The Hall–Kier alpha value is -2.50. The maximum atomic E-state index is 15.2. The van der Waals surface area contributed by atoms with Gasteiger partial charge in [-0.05, 0) is 58.3 Å². The molecule has 222 valence electrons. The first-order valence-electron chi connectivity index (χ1n) is 14.9. The fourth-order valence-electron chi connectivity index (χ4n) is 8.11. The zero-order chi connectivity index (χ0) is 28.6. The van der Waals surface area contributed by atoms with E-state index in [1.165, 1.54) is 12.7 Å². The molecular weight excluding hydrogens is 549 g/mol. The van der Waals surface area contributed by atoms with Gasteiger partial charge in [-0.15, -0.1) is 0 Å². The van der Waals surface area contributed by atoms with E-state index in [0.29, 0.717) is 36.3 Å². The van der Waals surface area contributed by atoms with Crippen LogP contribution in [-0.4, -0.2) is 101 Å². The zero-order valence-corrected chi connectivity index (χ0v) is 24.8. The van der Waals surface area contributed by atoms with Gasteiger partial charge in [-0.3, -0.25) is 4.90 Å². The number of fused-ring (bicyclic) bond motifs is 3. The van der Waals surface area contributed by atoms with E-state index in [2.05, 4.69) is 25.1 Å². The van der Waals surface area contributed by atoms with Crippen molar-refractivity contribution >= 4 is 34.4 Å². The number of hydrogen-bond acceptors (Lipinski definition) is 9. The van der Waals surface area contributed by atoms with Crippen molar-refractivity contribution in [3.8, 4) is 6.01 Å². The quantitative estimate of drug-likeness (QED) is 0.505. The van der Waals surface area contributed by atoms with Crippen molar-refractivity contribution in [2.75, 3.05) is 57.3 Å². The standard InChI is InChI=1S/C29H39ClFN7O3/c1-27(2,3)41-26(39)38-18-4-5-19(38)12-37(11-18)24-20-10-33-23(30)21(31)22(20)34-25(35-24)40-17-29-13-28(14-29,15-29)16-36-8-6-32-7-9-36/h10,18-19,32H,4-9,11-17H2,1-3H3. The first-order valence-corrected chi connectivity index (χ1v) is 15.2. The molecule has 6 aliphatic rings. The second-order valence-corrected chi connectivity index (χ2v) is 14.3. The summed E-state index contributed by atoms with van der Waals surface area (Å²) < 4.78 is 27.1. The molecule has 3 aliphatic heterocycles. The molecule has 3 saturated carbocycles. The third kappa shape index (κ3) is 4.97. The molecule has 2 unspecified atom stereocenters. The normalized spacial score (nSPS) is 31.1. The Morgan fingerprint density at radius 2 is 1.80 bits per heavy atom. The van der Waals surface area contributed by atoms with Gasteiger partial charge in [0.15, 0.2) is 11.0 Å². The average Bonchev–Trinajstić information content (AvgIpc) is 3.16. The molecule has 6 fully saturated rings. The van der Waals surface area contributed by atoms with Crippen molar-refractivity contribution in [3.63, 3.8) is 0 Å². The van der Waals surface area contributed by atoms with Crippen LogP contribution in [0.4, 0.5) is 15.0 Å². The highest BCUT2D eigenvalue weighted by atomic mass is 35.5. The second-order valence-electron chi connectivity index (χ2n) is 14.0. The van der Waals surface area contributed by atoms with E-state index in [-0.39, 0.29) is 40.3 Å². The molecule has 1 N–H and O–H groups in total. The lowest BCUT2D eigenvalue weighted by Gasteiger charge is -2.71. The Balaban J connectivity index is 1.08. The number of halogens is 2. The summed E-state index contributed by atoms with van der Waals surface area (Å²) in [6.07, 6.45) is 6.48. The van der Waals surface area contributed by atoms with Crippen LogP contribution in [0.3, 0.4) is 0 Å². The number of ether oxygens (including phenoxy) is 2. The van der Waals surface area contributed by atoms with Crippen molar-refractivity contribution in [3.05, 3.63) is 17.2 Å². The zero-order valence-electron chi connectivity index (χ0n) is 24.1. The van der Waals surface area contributed by atoms with E-state index in [0.717, 1.165) is 58.3 Å². The van der Waals surface area contributed by atoms with Crippen molar-refractivity contribution in [2.45, 2.75) is 70.6 Å². The summed E-state index contributed by atoms with van der Waals surface area (Å²) in [7, 11) is 0. The van der Waals surface area contributed by atoms with Crippen LogP contribution in [0.25, 0.3) is 10.9 Å². The summed E-state index contributed by atoms with van der Waals surface area (Å²) in [6, 6.07) is 0.128. The van der Waals surface area contributed by atoms with Gasteiger partial charge >= 0.3 is 12.1 Å². The lowest BCUT2D eigenvalue weighted by Crippen LogP contribution is -2.68. The molecule has 1 amide bonds. The minimum Gasteiger partial charge on any atom is -0.463 e. The molecule has 3 saturated heterocycles. The van der Waals surface area contributed by atoms with Gasteiger partial charge in [0, 0.05) is 57.4 Å². The molecule has 8 rings (SSSR count). The van der Waals surface area contributed by atoms with Gasteiger partial charge < -0.3 is 24.6 Å². The van der Waals surface area contributed by atoms with Crippen LogP contribution < -0.4 is 15.0 Å². The number of amides is 1. The molecule has 10 nitrogen and oxygen atoms in total. The number of hydrogen-bond donors (Lipinski definition) is 1. The molecule has 4 bridgehead atoms. The number of nitrogens with one attached hydrogen (secondary N) is 1. The van der Waals surface area contributed by atoms with E-state index in [1.54, 1.807) is 0 Å². The summed E-state index contributed by atoms with van der Waals surface area (Å²) in [6.45, 7) is 12.8. The van der Waals surface area contributed by atoms with Crippen molar-refractivity contribution < 1.29 is 18.7 Å². The van der Waals surface area contributed by atoms with Crippen LogP contribution in [0.1, 0.15) is 52.9 Å². The SMILES string of the molecule is CC(C)(C)OC(=O)N1C2CCC1CN(c1nc(OCC34CC(CN5CCNCC5)(C3)C4)nc3c(F)c(Cl)ncc13)C2. The number of anilines is 1. The number of carbonyl (C=O) groups excluding carboxylic acids is 1. The van der Waals surface area contributed by atoms with Gasteiger partial charge in [-0.25, -0.2) is 14.2 Å². The third-order valence-corrected chi connectivity index (χ3v) is 9.78. The number of piperazine rings is 2. The second kappa shape index (κ2) is 9.77. The highest BCUT2D eigenvalue weighted by molar-refractivity contribution is 6.30. The van der Waals surface area contributed by atoms with Crippen LogP contribution in [0.15, 0.2) is 6.20 Å². The fraction of sp³-hybridized carbons (Fsp3) is 0.724. The Labute approximate surface area is 244 Å². The van der Waals surface area contributed by atoms with E-state index in [9.17, 15) is 4.79 Å². The molecule has 0 spiro atoms. The van der Waals surface area contributed by atoms with Crippen molar-refractivity contribution in [1.82, 2.24) is 30.1 Å². The number of carbonyl (C=O) groups is 1. The largest absolute Gasteiger partial charge is 0.463 e. The van der Waals surface area contributed by atoms with Gasteiger partial charge in [0.05, 0.1) is 24.1 Å². The molecule has 12 heteroatoms. The molecular formula is C29H39ClFN7O3. The van der Waals surface area contributed by atoms with Crippen LogP contribution in [0, 0.1) is 16.6 Å². The molecule has 3 aliphatic carbocycles. The highest BCUT2D eigenvalue weighted by Crippen LogP contribution is 2.73. The molecule has 2 aromatic heterocycles. The Kier molecular flexibility index (Phi) is 6.52. The van der Waals surface area contributed by atoms with Gasteiger partial charge in [0.2, 0.25) is 0 Å². The average molecular weight is 588 g/mol. The molecule has 5 heterocycles. The van der Waals surface area contributed by atoms with Crippen LogP contribution in [0.2, 0.25) is 5.15 Å². The van der Waals surface area contributed by atoms with Crippen LogP contribution >= 0.6 is 11.6 Å². The minimum atomic E-state index is -0.673. The van der Waals surface area contributed by atoms with Gasteiger partial charge in [0.1, 0.15) is 16.9 Å². The maximum Gasteiger partial charge on any atom is 0.410 e. The topological polar surface area (TPSA) is 96.0 Å². The molecule has 0 aromatic carbocycles. The van der Waals surface area contributed by atoms with E-state index in [4.69, 9.17) is 26.1 Å². The third-order valence-electron chi connectivity index (χ3n) is 9.51.